The minimum absolute atomic E-state index is 0.0106. The van der Waals surface area contributed by atoms with Gasteiger partial charge >= 0.3 is 0 Å². The molecule has 8 heteroatoms. The molecule has 0 aromatic rings. The molecule has 0 radical (unpaired) electrons. The zero-order valence-corrected chi connectivity index (χ0v) is 14.2. The highest BCUT2D eigenvalue weighted by molar-refractivity contribution is 7.88. The normalized spacial score (nSPS) is 16.9. The van der Waals surface area contributed by atoms with Gasteiger partial charge in [-0.2, -0.15) is 0 Å². The van der Waals surface area contributed by atoms with Gasteiger partial charge < -0.3 is 19.7 Å². The number of ether oxygens (including phenoxy) is 2. The second-order valence-corrected chi connectivity index (χ2v) is 7.41. The van der Waals surface area contributed by atoms with E-state index in [4.69, 9.17) is 9.47 Å². The fraction of sp³-hybridized carbons (Fsp3) is 1.00. The Morgan fingerprint density at radius 2 is 1.76 bits per heavy atom. The SMILES string of the molecule is CCCC(O)COC(C)COCC(O)CN(C)S(C)(=O)=O. The third-order valence-corrected chi connectivity index (χ3v) is 4.17. The van der Waals surface area contributed by atoms with Gasteiger partial charge in [-0.15, -0.1) is 0 Å². The highest BCUT2D eigenvalue weighted by Crippen LogP contribution is 2.01. The molecule has 0 bridgehead atoms. The van der Waals surface area contributed by atoms with Crippen LogP contribution in [0.25, 0.3) is 0 Å². The number of hydrogen-bond acceptors (Lipinski definition) is 6. The molecule has 0 saturated heterocycles. The fourth-order valence-electron chi connectivity index (χ4n) is 1.59. The molecule has 2 N–H and O–H groups in total. The summed E-state index contributed by atoms with van der Waals surface area (Å²) in [6.07, 6.45) is 1.13. The van der Waals surface area contributed by atoms with Crippen LogP contribution in [0.3, 0.4) is 0 Å². The second-order valence-electron chi connectivity index (χ2n) is 5.32. The summed E-state index contributed by atoms with van der Waals surface area (Å²) in [6.45, 7) is 4.36. The Bertz CT molecular complexity index is 362. The molecule has 0 spiro atoms. The molecule has 3 atom stereocenters. The monoisotopic (exact) mass is 327 g/mol. The summed E-state index contributed by atoms with van der Waals surface area (Å²) in [7, 11) is -1.90. The van der Waals surface area contributed by atoms with Crippen molar-refractivity contribution in [3.63, 3.8) is 0 Å². The minimum atomic E-state index is -3.30. The van der Waals surface area contributed by atoms with E-state index in [0.29, 0.717) is 6.42 Å². The highest BCUT2D eigenvalue weighted by Gasteiger charge is 2.16. The van der Waals surface area contributed by atoms with Gasteiger partial charge in [-0.3, -0.25) is 0 Å². The number of nitrogens with zero attached hydrogens (tertiary/aromatic N) is 1. The van der Waals surface area contributed by atoms with E-state index >= 15 is 0 Å². The lowest BCUT2D eigenvalue weighted by molar-refractivity contribution is -0.0564. The van der Waals surface area contributed by atoms with Crippen LogP contribution < -0.4 is 0 Å². The van der Waals surface area contributed by atoms with Crippen LogP contribution >= 0.6 is 0 Å². The van der Waals surface area contributed by atoms with Gasteiger partial charge in [0.25, 0.3) is 0 Å². The number of sulfonamides is 1. The molecule has 0 aliphatic heterocycles. The van der Waals surface area contributed by atoms with Crippen molar-refractivity contribution < 1.29 is 28.1 Å². The van der Waals surface area contributed by atoms with Crippen molar-refractivity contribution in [1.29, 1.82) is 0 Å². The quantitative estimate of drug-likeness (QED) is 0.516. The van der Waals surface area contributed by atoms with Gasteiger partial charge in [0.05, 0.1) is 44.4 Å². The predicted molar refractivity (Wildman–Crippen MR) is 80.6 cm³/mol. The average molecular weight is 327 g/mol. The van der Waals surface area contributed by atoms with Crippen molar-refractivity contribution in [2.75, 3.05) is 39.7 Å². The van der Waals surface area contributed by atoms with Crippen molar-refractivity contribution in [1.82, 2.24) is 4.31 Å². The first-order valence-electron chi connectivity index (χ1n) is 7.13. The zero-order chi connectivity index (χ0) is 16.5. The van der Waals surface area contributed by atoms with Gasteiger partial charge in [0.1, 0.15) is 0 Å². The molecule has 7 nitrogen and oxygen atoms in total. The van der Waals surface area contributed by atoms with Crippen LogP contribution in [0.4, 0.5) is 0 Å². The van der Waals surface area contributed by atoms with Crippen LogP contribution in [0.15, 0.2) is 0 Å². The summed E-state index contributed by atoms with van der Waals surface area (Å²) in [4.78, 5) is 0. The molecular formula is C13H29NO6S. The number of rotatable bonds is 12. The lowest BCUT2D eigenvalue weighted by atomic mass is 10.2. The van der Waals surface area contributed by atoms with E-state index in [1.165, 1.54) is 7.05 Å². The maximum Gasteiger partial charge on any atom is 0.211 e. The van der Waals surface area contributed by atoms with Gasteiger partial charge in [0.15, 0.2) is 0 Å². The smallest absolute Gasteiger partial charge is 0.211 e. The van der Waals surface area contributed by atoms with Crippen LogP contribution in [-0.4, -0.2) is 80.9 Å². The summed E-state index contributed by atoms with van der Waals surface area (Å²) in [6, 6.07) is 0. The Hall–Kier alpha value is -0.250. The van der Waals surface area contributed by atoms with Gasteiger partial charge in [-0.1, -0.05) is 13.3 Å². The third kappa shape index (κ3) is 11.0. The van der Waals surface area contributed by atoms with Crippen molar-refractivity contribution in [2.24, 2.45) is 0 Å². The number of aliphatic hydroxyl groups is 2. The van der Waals surface area contributed by atoms with Crippen LogP contribution in [-0.2, 0) is 19.5 Å². The Balaban J connectivity index is 3.78. The molecule has 0 saturated carbocycles. The van der Waals surface area contributed by atoms with E-state index in [2.05, 4.69) is 0 Å². The van der Waals surface area contributed by atoms with Crippen molar-refractivity contribution in [2.45, 2.75) is 45.0 Å². The van der Waals surface area contributed by atoms with Crippen LogP contribution in [0.2, 0.25) is 0 Å². The molecule has 128 valence electrons. The summed E-state index contributed by atoms with van der Waals surface area (Å²) < 4.78 is 34.1. The van der Waals surface area contributed by atoms with E-state index < -0.39 is 22.2 Å². The Morgan fingerprint density at radius 3 is 2.29 bits per heavy atom. The first-order valence-corrected chi connectivity index (χ1v) is 8.98. The Morgan fingerprint density at radius 1 is 1.14 bits per heavy atom. The van der Waals surface area contributed by atoms with E-state index in [0.717, 1.165) is 17.0 Å². The van der Waals surface area contributed by atoms with Crippen LogP contribution in [0.5, 0.6) is 0 Å². The first-order chi connectivity index (χ1) is 9.66. The topological polar surface area (TPSA) is 96.3 Å². The second kappa shape index (κ2) is 10.5. The molecule has 0 aromatic carbocycles. The van der Waals surface area contributed by atoms with Crippen LogP contribution in [0.1, 0.15) is 26.7 Å². The molecule has 0 fully saturated rings. The fourth-order valence-corrected chi connectivity index (χ4v) is 2.04. The van der Waals surface area contributed by atoms with E-state index in [-0.39, 0.29) is 32.5 Å². The molecule has 0 aromatic heterocycles. The average Bonchev–Trinajstić information content (AvgIpc) is 2.35. The van der Waals surface area contributed by atoms with Crippen molar-refractivity contribution >= 4 is 10.0 Å². The predicted octanol–water partition coefficient (Wildman–Crippen LogP) is -0.179. The number of hydrogen-bond donors (Lipinski definition) is 2. The molecule has 0 heterocycles. The molecule has 0 amide bonds. The third-order valence-electron chi connectivity index (χ3n) is 2.89. The van der Waals surface area contributed by atoms with Gasteiger partial charge in [-0.05, 0) is 13.3 Å². The first kappa shape index (κ1) is 20.8. The van der Waals surface area contributed by atoms with Crippen molar-refractivity contribution in [3.8, 4) is 0 Å². The van der Waals surface area contributed by atoms with E-state index in [9.17, 15) is 18.6 Å². The lowest BCUT2D eigenvalue weighted by Crippen LogP contribution is -2.36. The Kier molecular flexibility index (Phi) is 10.3. The summed E-state index contributed by atoms with van der Waals surface area (Å²) >= 11 is 0. The van der Waals surface area contributed by atoms with E-state index in [1.54, 1.807) is 0 Å². The van der Waals surface area contributed by atoms with E-state index in [1.807, 2.05) is 13.8 Å². The maximum absolute atomic E-state index is 11.2. The maximum atomic E-state index is 11.2. The Labute approximate surface area is 127 Å². The summed E-state index contributed by atoms with van der Waals surface area (Å²) in [5.41, 5.74) is 0. The largest absolute Gasteiger partial charge is 0.391 e. The van der Waals surface area contributed by atoms with Crippen molar-refractivity contribution in [3.05, 3.63) is 0 Å². The molecule has 0 aliphatic carbocycles. The van der Waals surface area contributed by atoms with Crippen LogP contribution in [0, 0.1) is 0 Å². The molecule has 0 aliphatic rings. The lowest BCUT2D eigenvalue weighted by Gasteiger charge is -2.20. The van der Waals surface area contributed by atoms with Gasteiger partial charge in [0, 0.05) is 13.6 Å². The highest BCUT2D eigenvalue weighted by atomic mass is 32.2. The number of aliphatic hydroxyl groups excluding tert-OH is 2. The summed E-state index contributed by atoms with van der Waals surface area (Å²) in [5, 5.41) is 19.2. The van der Waals surface area contributed by atoms with Gasteiger partial charge in [-0.25, -0.2) is 12.7 Å². The standard InChI is InChI=1S/C13H29NO6S/c1-5-6-12(15)10-20-11(2)8-19-9-13(16)7-14(3)21(4,17)18/h11-13,15-16H,5-10H2,1-4H3. The van der Waals surface area contributed by atoms with Gasteiger partial charge in [0.2, 0.25) is 10.0 Å². The molecule has 0 rings (SSSR count). The summed E-state index contributed by atoms with van der Waals surface area (Å²) in [5.74, 6) is 0. The zero-order valence-electron chi connectivity index (χ0n) is 13.4. The molecule has 3 unspecified atom stereocenters. The minimum Gasteiger partial charge on any atom is -0.391 e. The number of likely N-dealkylation sites (N-methyl/N-ethyl adjacent to an activating group) is 1. The molecular weight excluding hydrogens is 298 g/mol. The molecule has 21 heavy (non-hydrogen) atoms.